The number of hydrogen-bond donors (Lipinski definition) is 2. The molecule has 40 heavy (non-hydrogen) atoms. The molecule has 2 aromatic rings. The van der Waals surface area contributed by atoms with Gasteiger partial charge < -0.3 is 15.4 Å². The zero-order valence-electron chi connectivity index (χ0n) is 25.5. The van der Waals surface area contributed by atoms with Crippen molar-refractivity contribution in [2.45, 2.75) is 97.0 Å². The number of amides is 1. The zero-order chi connectivity index (χ0) is 30.2. The molecular weight excluding hydrogens is 527 g/mol. The topological polar surface area (TPSA) is 67.4 Å². The van der Waals surface area contributed by atoms with Crippen LogP contribution in [-0.4, -0.2) is 36.5 Å². The molecule has 0 bridgehead atoms. The number of anilines is 1. The third kappa shape index (κ3) is 8.78. The van der Waals surface area contributed by atoms with Gasteiger partial charge in [0.05, 0.1) is 6.61 Å². The SMILES string of the molecule is CCC(C)(C)c1ccc(OCCCCNCC(C)(C)C(=O)C(F)(Cl)C(=O)Nc2ccccc2)c(C(C)(C)CC)c1. The quantitative estimate of drug-likeness (QED) is 0.121. The van der Waals surface area contributed by atoms with Gasteiger partial charge in [-0.05, 0) is 66.8 Å². The highest BCUT2D eigenvalue weighted by Gasteiger charge is 2.50. The van der Waals surface area contributed by atoms with Crippen molar-refractivity contribution in [3.63, 3.8) is 0 Å². The second kappa shape index (κ2) is 14.0. The molecule has 2 rings (SSSR count). The molecule has 0 fully saturated rings. The van der Waals surface area contributed by atoms with Gasteiger partial charge in [-0.25, -0.2) is 4.39 Å². The largest absolute Gasteiger partial charge is 0.493 e. The highest BCUT2D eigenvalue weighted by molar-refractivity contribution is 6.47. The number of para-hydroxylation sites is 1. The highest BCUT2D eigenvalue weighted by atomic mass is 35.5. The molecule has 0 spiro atoms. The van der Waals surface area contributed by atoms with Gasteiger partial charge in [0.2, 0.25) is 5.78 Å². The van der Waals surface area contributed by atoms with Gasteiger partial charge >= 0.3 is 5.13 Å². The number of rotatable bonds is 16. The lowest BCUT2D eigenvalue weighted by molar-refractivity contribution is -0.141. The normalized spacial score (nSPS) is 13.9. The lowest BCUT2D eigenvalue weighted by Gasteiger charge is -2.30. The first-order valence-corrected chi connectivity index (χ1v) is 14.7. The predicted octanol–water partition coefficient (Wildman–Crippen LogP) is 7.95. The van der Waals surface area contributed by atoms with Crippen molar-refractivity contribution >= 4 is 29.0 Å². The average molecular weight is 575 g/mol. The third-order valence-electron chi connectivity index (χ3n) is 8.05. The molecule has 5 nitrogen and oxygen atoms in total. The summed E-state index contributed by atoms with van der Waals surface area (Å²) in [6.45, 7) is 18.0. The van der Waals surface area contributed by atoms with Crippen LogP contribution >= 0.6 is 11.6 Å². The first kappa shape index (κ1) is 33.8. The molecule has 0 radical (unpaired) electrons. The van der Waals surface area contributed by atoms with Crippen molar-refractivity contribution in [1.29, 1.82) is 0 Å². The number of ketones is 1. The van der Waals surface area contributed by atoms with E-state index in [4.69, 9.17) is 16.3 Å². The summed E-state index contributed by atoms with van der Waals surface area (Å²) in [5.41, 5.74) is 1.85. The number of halogens is 2. The van der Waals surface area contributed by atoms with E-state index in [1.54, 1.807) is 44.2 Å². The van der Waals surface area contributed by atoms with E-state index < -0.39 is 22.2 Å². The Bertz CT molecular complexity index is 1130. The molecule has 0 heterocycles. The number of ether oxygens (including phenoxy) is 1. The van der Waals surface area contributed by atoms with Crippen molar-refractivity contribution in [3.8, 4) is 5.75 Å². The summed E-state index contributed by atoms with van der Waals surface area (Å²) in [5.74, 6) is -1.24. The smallest absolute Gasteiger partial charge is 0.319 e. The number of carbonyl (C=O) groups is 2. The molecule has 0 aromatic heterocycles. The Morgan fingerprint density at radius 3 is 2.12 bits per heavy atom. The first-order chi connectivity index (χ1) is 18.6. The summed E-state index contributed by atoms with van der Waals surface area (Å²) in [6, 6.07) is 14.9. The van der Waals surface area contributed by atoms with Crippen LogP contribution in [0.2, 0.25) is 0 Å². The van der Waals surface area contributed by atoms with Crippen LogP contribution in [0.4, 0.5) is 10.1 Å². The van der Waals surface area contributed by atoms with Gasteiger partial charge in [0.25, 0.3) is 5.91 Å². The fourth-order valence-electron chi connectivity index (χ4n) is 4.27. The van der Waals surface area contributed by atoms with Gasteiger partial charge in [-0.15, -0.1) is 0 Å². The minimum absolute atomic E-state index is 0.000894. The van der Waals surface area contributed by atoms with Crippen LogP contribution in [0.5, 0.6) is 5.75 Å². The van der Waals surface area contributed by atoms with E-state index in [2.05, 4.69) is 70.4 Å². The summed E-state index contributed by atoms with van der Waals surface area (Å²) >= 11 is 5.84. The van der Waals surface area contributed by atoms with Crippen LogP contribution in [0.3, 0.4) is 0 Å². The molecule has 2 N–H and O–H groups in total. The summed E-state index contributed by atoms with van der Waals surface area (Å²) in [6.07, 6.45) is 3.70. The van der Waals surface area contributed by atoms with Gasteiger partial charge in [-0.3, -0.25) is 9.59 Å². The van der Waals surface area contributed by atoms with E-state index in [0.717, 1.165) is 31.4 Å². The summed E-state index contributed by atoms with van der Waals surface area (Å²) in [4.78, 5) is 25.3. The molecular formula is C33H48ClFN2O3. The van der Waals surface area contributed by atoms with Crippen molar-refractivity contribution in [1.82, 2.24) is 5.32 Å². The molecule has 0 saturated heterocycles. The second-order valence-electron chi connectivity index (χ2n) is 12.5. The average Bonchev–Trinajstić information content (AvgIpc) is 2.92. The Morgan fingerprint density at radius 2 is 1.52 bits per heavy atom. The maximum atomic E-state index is 15.1. The predicted molar refractivity (Wildman–Crippen MR) is 164 cm³/mol. The van der Waals surface area contributed by atoms with Crippen LogP contribution in [-0.2, 0) is 20.4 Å². The molecule has 0 aliphatic heterocycles. The Morgan fingerprint density at radius 1 is 0.900 bits per heavy atom. The zero-order valence-corrected chi connectivity index (χ0v) is 26.3. The Labute approximate surface area is 245 Å². The second-order valence-corrected chi connectivity index (χ2v) is 13.0. The minimum Gasteiger partial charge on any atom is -0.493 e. The van der Waals surface area contributed by atoms with Gasteiger partial charge in [0, 0.05) is 23.2 Å². The maximum absolute atomic E-state index is 15.1. The number of alkyl halides is 2. The van der Waals surface area contributed by atoms with E-state index in [0.29, 0.717) is 18.8 Å². The molecule has 1 amide bonds. The Balaban J connectivity index is 1.87. The fraction of sp³-hybridized carbons (Fsp3) is 0.576. The minimum atomic E-state index is -3.17. The van der Waals surface area contributed by atoms with Crippen LogP contribution in [0.25, 0.3) is 0 Å². The fourth-order valence-corrected chi connectivity index (χ4v) is 4.58. The molecule has 0 aliphatic rings. The van der Waals surface area contributed by atoms with E-state index in [-0.39, 0.29) is 17.4 Å². The first-order valence-electron chi connectivity index (χ1n) is 14.4. The summed E-state index contributed by atoms with van der Waals surface area (Å²) in [5, 5.41) is 2.41. The van der Waals surface area contributed by atoms with Crippen LogP contribution in [0, 0.1) is 5.41 Å². The van der Waals surface area contributed by atoms with Gasteiger partial charge in [-0.1, -0.05) is 97.3 Å². The third-order valence-corrected chi connectivity index (χ3v) is 8.39. The van der Waals surface area contributed by atoms with Crippen molar-refractivity contribution in [2.75, 3.05) is 25.0 Å². The van der Waals surface area contributed by atoms with Crippen molar-refractivity contribution < 1.29 is 18.7 Å². The van der Waals surface area contributed by atoms with Crippen LogP contribution < -0.4 is 15.4 Å². The monoisotopic (exact) mass is 574 g/mol. The van der Waals surface area contributed by atoms with Gasteiger partial charge in [0.15, 0.2) is 0 Å². The number of benzene rings is 2. The molecule has 0 saturated carbocycles. The van der Waals surface area contributed by atoms with Gasteiger partial charge in [-0.2, -0.15) is 0 Å². The molecule has 7 heteroatoms. The molecule has 0 aliphatic carbocycles. The lowest BCUT2D eigenvalue weighted by atomic mass is 9.76. The maximum Gasteiger partial charge on any atom is 0.319 e. The Hall–Kier alpha value is -2.44. The van der Waals surface area contributed by atoms with Crippen molar-refractivity contribution in [3.05, 3.63) is 59.7 Å². The lowest BCUT2D eigenvalue weighted by Crippen LogP contribution is -2.50. The van der Waals surface area contributed by atoms with Crippen molar-refractivity contribution in [2.24, 2.45) is 5.41 Å². The summed E-state index contributed by atoms with van der Waals surface area (Å²) in [7, 11) is 0. The number of nitrogens with one attached hydrogen (secondary N) is 2. The van der Waals surface area contributed by atoms with E-state index in [1.807, 2.05) is 0 Å². The molecule has 222 valence electrons. The molecule has 2 aromatic carbocycles. The van der Waals surface area contributed by atoms with E-state index in [9.17, 15) is 9.59 Å². The number of Topliss-reactive ketones (excluding diaryl/α,β-unsaturated/α-hetero) is 1. The summed E-state index contributed by atoms with van der Waals surface area (Å²) < 4.78 is 21.3. The Kier molecular flexibility index (Phi) is 11.8. The van der Waals surface area contributed by atoms with Gasteiger partial charge in [0.1, 0.15) is 5.75 Å². The number of hydrogen-bond acceptors (Lipinski definition) is 4. The van der Waals surface area contributed by atoms with Crippen LogP contribution in [0.1, 0.15) is 92.2 Å². The molecule has 1 unspecified atom stereocenters. The number of carbonyl (C=O) groups excluding carboxylic acids is 2. The van der Waals surface area contributed by atoms with Crippen LogP contribution in [0.15, 0.2) is 48.5 Å². The van der Waals surface area contributed by atoms with E-state index in [1.165, 1.54) is 11.1 Å². The highest BCUT2D eigenvalue weighted by Crippen LogP contribution is 2.38. The standard InChI is InChI=1S/C33H48ClFN2O3/c1-9-30(3,4)24-18-19-27(26(22-24)31(5,6)10-2)40-21-15-14-20-36-23-32(7,8)28(38)33(34,35)29(39)37-25-16-12-11-13-17-25/h11-13,16-19,22,36H,9-10,14-15,20-21,23H2,1-8H3,(H,37,39). The van der Waals surface area contributed by atoms with E-state index >= 15 is 4.39 Å². The molecule has 1 atom stereocenters. The number of unbranched alkanes of at least 4 members (excludes halogenated alkanes) is 1.